The van der Waals surface area contributed by atoms with Gasteiger partial charge in [-0.15, -0.1) is 0 Å². The second kappa shape index (κ2) is 5.80. The van der Waals surface area contributed by atoms with E-state index in [-0.39, 0.29) is 19.1 Å². The summed E-state index contributed by atoms with van der Waals surface area (Å²) < 4.78 is 0. The molecule has 0 saturated heterocycles. The minimum absolute atomic E-state index is 0.0887. The van der Waals surface area contributed by atoms with Gasteiger partial charge < -0.3 is 10.2 Å². The molecule has 1 unspecified atom stereocenters. The number of aliphatic carboxylic acids is 1. The lowest BCUT2D eigenvalue weighted by atomic mass is 9.79. The number of carbonyl (C=O) groups is 1. The number of aliphatic hydroxyl groups is 1. The van der Waals surface area contributed by atoms with Crippen molar-refractivity contribution in [2.24, 2.45) is 5.92 Å². The topological polar surface area (TPSA) is 69.6 Å². The number of hydrogen-bond donors (Lipinski definition) is 3. The summed E-state index contributed by atoms with van der Waals surface area (Å²) >= 11 is 0. The van der Waals surface area contributed by atoms with E-state index in [0.717, 1.165) is 0 Å². The number of nitrogens with one attached hydrogen (secondary N) is 1. The molecule has 4 heteroatoms. The molecule has 1 aromatic rings. The molecule has 0 aliphatic rings. The lowest BCUT2D eigenvalue weighted by Crippen LogP contribution is -2.54. The molecule has 17 heavy (non-hydrogen) atoms. The van der Waals surface area contributed by atoms with E-state index in [2.05, 4.69) is 5.32 Å². The van der Waals surface area contributed by atoms with Crippen LogP contribution in [-0.4, -0.2) is 29.3 Å². The third kappa shape index (κ3) is 2.65. The molecule has 0 aliphatic carbocycles. The molecule has 0 aliphatic heterocycles. The predicted octanol–water partition coefficient (Wildman–Crippen LogP) is 1.20. The summed E-state index contributed by atoms with van der Waals surface area (Å²) in [7, 11) is 0. The fourth-order valence-corrected chi connectivity index (χ4v) is 2.04. The zero-order valence-electron chi connectivity index (χ0n) is 10.2. The summed E-state index contributed by atoms with van der Waals surface area (Å²) in [5.41, 5.74) is -0.444. The summed E-state index contributed by atoms with van der Waals surface area (Å²) in [6.45, 7) is 3.87. The quantitative estimate of drug-likeness (QED) is 0.695. The molecule has 4 nitrogen and oxygen atoms in total. The number of rotatable bonds is 6. The van der Waals surface area contributed by atoms with Gasteiger partial charge in [-0.25, -0.2) is 4.79 Å². The van der Waals surface area contributed by atoms with Crippen molar-refractivity contribution in [2.45, 2.75) is 19.4 Å². The molecule has 1 atom stereocenters. The van der Waals surface area contributed by atoms with Crippen LogP contribution < -0.4 is 5.32 Å². The van der Waals surface area contributed by atoms with Crippen molar-refractivity contribution < 1.29 is 15.0 Å². The maximum atomic E-state index is 11.6. The molecule has 0 radical (unpaired) electrons. The van der Waals surface area contributed by atoms with Gasteiger partial charge in [-0.2, -0.15) is 0 Å². The van der Waals surface area contributed by atoms with Gasteiger partial charge in [-0.1, -0.05) is 44.2 Å². The maximum absolute atomic E-state index is 11.6. The first-order valence-electron chi connectivity index (χ1n) is 5.70. The lowest BCUT2D eigenvalue weighted by molar-refractivity contribution is -0.147. The van der Waals surface area contributed by atoms with Crippen LogP contribution >= 0.6 is 0 Å². The molecule has 0 bridgehead atoms. The van der Waals surface area contributed by atoms with E-state index in [1.807, 2.05) is 32.0 Å². The van der Waals surface area contributed by atoms with E-state index in [0.29, 0.717) is 5.56 Å². The Hall–Kier alpha value is -1.39. The SMILES string of the molecule is CC(C)C(NCCO)(C(=O)O)c1ccccc1. The minimum Gasteiger partial charge on any atom is -0.480 e. The number of benzene rings is 1. The standard InChI is InChI=1S/C13H19NO3/c1-10(2)13(12(16)17,14-8-9-15)11-6-4-3-5-7-11/h3-7,10,14-15H,8-9H2,1-2H3,(H,16,17). The Morgan fingerprint density at radius 3 is 2.35 bits per heavy atom. The molecule has 0 saturated carbocycles. The van der Waals surface area contributed by atoms with Gasteiger partial charge in [0.15, 0.2) is 0 Å². The summed E-state index contributed by atoms with van der Waals surface area (Å²) in [6, 6.07) is 9.06. The Balaban J connectivity index is 3.20. The van der Waals surface area contributed by atoms with Crippen LogP contribution in [0, 0.1) is 5.92 Å². The Labute approximate surface area is 101 Å². The Morgan fingerprint density at radius 2 is 1.94 bits per heavy atom. The molecule has 0 aromatic heterocycles. The third-order valence-electron chi connectivity index (χ3n) is 2.95. The van der Waals surface area contributed by atoms with Crippen LogP contribution in [0.5, 0.6) is 0 Å². The highest BCUT2D eigenvalue weighted by Gasteiger charge is 2.42. The molecule has 0 heterocycles. The monoisotopic (exact) mass is 237 g/mol. The average Bonchev–Trinajstić information content (AvgIpc) is 2.30. The fraction of sp³-hybridized carbons (Fsp3) is 0.462. The molecule has 1 aromatic carbocycles. The van der Waals surface area contributed by atoms with Crippen molar-refractivity contribution in [1.82, 2.24) is 5.32 Å². The highest BCUT2D eigenvalue weighted by atomic mass is 16.4. The van der Waals surface area contributed by atoms with Crippen LogP contribution in [0.1, 0.15) is 19.4 Å². The van der Waals surface area contributed by atoms with Gasteiger partial charge in [0.2, 0.25) is 0 Å². The molecule has 0 amide bonds. The predicted molar refractivity (Wildman–Crippen MR) is 65.7 cm³/mol. The van der Waals surface area contributed by atoms with Gasteiger partial charge in [0, 0.05) is 6.54 Å². The van der Waals surface area contributed by atoms with E-state index in [1.165, 1.54) is 0 Å². The van der Waals surface area contributed by atoms with Crippen molar-refractivity contribution in [2.75, 3.05) is 13.2 Å². The van der Waals surface area contributed by atoms with E-state index < -0.39 is 11.5 Å². The molecule has 0 spiro atoms. The normalized spacial score (nSPS) is 14.6. The van der Waals surface area contributed by atoms with E-state index in [1.54, 1.807) is 12.1 Å². The van der Waals surface area contributed by atoms with Crippen molar-refractivity contribution in [1.29, 1.82) is 0 Å². The van der Waals surface area contributed by atoms with Crippen LogP contribution in [0.3, 0.4) is 0 Å². The molecule has 94 valence electrons. The van der Waals surface area contributed by atoms with Gasteiger partial charge in [0.25, 0.3) is 0 Å². The maximum Gasteiger partial charge on any atom is 0.328 e. The number of aliphatic hydroxyl groups excluding tert-OH is 1. The van der Waals surface area contributed by atoms with Gasteiger partial charge in [-0.3, -0.25) is 5.32 Å². The molecular formula is C13H19NO3. The van der Waals surface area contributed by atoms with Crippen LogP contribution in [0.15, 0.2) is 30.3 Å². The van der Waals surface area contributed by atoms with Crippen molar-refractivity contribution in [3.05, 3.63) is 35.9 Å². The summed E-state index contributed by atoms with van der Waals surface area (Å²) in [5, 5.41) is 21.4. The highest BCUT2D eigenvalue weighted by Crippen LogP contribution is 2.29. The van der Waals surface area contributed by atoms with Crippen LogP contribution in [0.25, 0.3) is 0 Å². The minimum atomic E-state index is -1.15. The van der Waals surface area contributed by atoms with E-state index in [9.17, 15) is 9.90 Å². The molecule has 0 fully saturated rings. The number of carboxylic acids is 1. The Morgan fingerprint density at radius 1 is 1.35 bits per heavy atom. The second-order valence-corrected chi connectivity index (χ2v) is 4.28. The van der Waals surface area contributed by atoms with Crippen LogP contribution in [-0.2, 0) is 10.3 Å². The number of carboxylic acid groups (broad SMARTS) is 1. The summed E-state index contributed by atoms with van der Waals surface area (Å²) in [5.74, 6) is -1.05. The fourth-order valence-electron chi connectivity index (χ4n) is 2.04. The van der Waals surface area contributed by atoms with Crippen molar-refractivity contribution in [3.8, 4) is 0 Å². The van der Waals surface area contributed by atoms with Crippen LogP contribution in [0.2, 0.25) is 0 Å². The summed E-state index contributed by atoms with van der Waals surface area (Å²) in [4.78, 5) is 11.6. The largest absolute Gasteiger partial charge is 0.480 e. The highest BCUT2D eigenvalue weighted by molar-refractivity contribution is 5.81. The van der Waals surface area contributed by atoms with Gasteiger partial charge in [0.1, 0.15) is 5.54 Å². The van der Waals surface area contributed by atoms with Gasteiger partial charge >= 0.3 is 5.97 Å². The van der Waals surface area contributed by atoms with E-state index >= 15 is 0 Å². The Kier molecular flexibility index (Phi) is 4.66. The second-order valence-electron chi connectivity index (χ2n) is 4.28. The molecule has 1 rings (SSSR count). The zero-order valence-corrected chi connectivity index (χ0v) is 10.2. The third-order valence-corrected chi connectivity index (χ3v) is 2.95. The summed E-state index contributed by atoms with van der Waals surface area (Å²) in [6.07, 6.45) is 0. The zero-order chi connectivity index (χ0) is 12.9. The Bertz CT molecular complexity index is 364. The lowest BCUT2D eigenvalue weighted by Gasteiger charge is -2.34. The van der Waals surface area contributed by atoms with E-state index in [4.69, 9.17) is 5.11 Å². The number of hydrogen-bond acceptors (Lipinski definition) is 3. The van der Waals surface area contributed by atoms with Crippen LogP contribution in [0.4, 0.5) is 0 Å². The van der Waals surface area contributed by atoms with Crippen molar-refractivity contribution in [3.63, 3.8) is 0 Å². The van der Waals surface area contributed by atoms with Gasteiger partial charge in [-0.05, 0) is 11.5 Å². The molecule has 3 N–H and O–H groups in total. The first kappa shape index (κ1) is 13.7. The first-order chi connectivity index (χ1) is 8.05. The first-order valence-corrected chi connectivity index (χ1v) is 5.70. The smallest absolute Gasteiger partial charge is 0.328 e. The van der Waals surface area contributed by atoms with Gasteiger partial charge in [0.05, 0.1) is 6.61 Å². The van der Waals surface area contributed by atoms with Crippen molar-refractivity contribution >= 4 is 5.97 Å². The molecular weight excluding hydrogens is 218 g/mol. The average molecular weight is 237 g/mol.